The number of thioether (sulfide) groups is 1. The van der Waals surface area contributed by atoms with E-state index in [1.807, 2.05) is 0 Å². The largest absolute Gasteiger partial charge is 0.462 e. The number of rotatable bonds is 5. The molecule has 3 heterocycles. The molecule has 34 heavy (non-hydrogen) atoms. The van der Waals surface area contributed by atoms with Crippen molar-refractivity contribution in [2.75, 3.05) is 18.3 Å². The third-order valence-corrected chi connectivity index (χ3v) is 6.69. The summed E-state index contributed by atoms with van der Waals surface area (Å²) in [5.74, 6) is 1.40. The molecule has 0 spiro atoms. The van der Waals surface area contributed by atoms with E-state index in [0.29, 0.717) is 48.5 Å². The quantitative estimate of drug-likeness (QED) is 0.237. The van der Waals surface area contributed by atoms with Gasteiger partial charge in [0.15, 0.2) is 15.8 Å². The monoisotopic (exact) mass is 513 g/mol. The first kappa shape index (κ1) is 22.5. The van der Waals surface area contributed by atoms with Crippen LogP contribution in [0.15, 0.2) is 57.9 Å². The summed E-state index contributed by atoms with van der Waals surface area (Å²) < 4.78 is 22.1. The number of nitrogens with zero attached hydrogens (tertiary/aromatic N) is 1. The second-order valence-electron chi connectivity index (χ2n) is 7.17. The van der Waals surface area contributed by atoms with Gasteiger partial charge in [0.25, 0.3) is 5.91 Å². The minimum absolute atomic E-state index is 0.146. The number of carbonyl (C=O) groups is 2. The maximum atomic E-state index is 13.1. The number of amides is 1. The minimum atomic E-state index is -0.506. The van der Waals surface area contributed by atoms with E-state index in [4.69, 9.17) is 42.4 Å². The van der Waals surface area contributed by atoms with Crippen LogP contribution in [0.25, 0.3) is 17.4 Å². The Morgan fingerprint density at radius 3 is 2.82 bits per heavy atom. The molecule has 5 rings (SSSR count). The van der Waals surface area contributed by atoms with Crippen molar-refractivity contribution in [2.45, 2.75) is 6.92 Å². The zero-order chi connectivity index (χ0) is 23.8. The molecule has 10 heteroatoms. The molecular formula is C24H16ClNO6S2. The van der Waals surface area contributed by atoms with Gasteiger partial charge in [0.1, 0.15) is 11.5 Å². The normalized spacial score (nSPS) is 15.9. The third-order valence-electron chi connectivity index (χ3n) is 5.05. The summed E-state index contributed by atoms with van der Waals surface area (Å²) in [5.41, 5.74) is 1.51. The highest BCUT2D eigenvalue weighted by Gasteiger charge is 2.34. The van der Waals surface area contributed by atoms with Crippen LogP contribution >= 0.6 is 35.6 Å². The van der Waals surface area contributed by atoms with Crippen molar-refractivity contribution in [2.24, 2.45) is 0 Å². The maximum absolute atomic E-state index is 13.1. The number of ether oxygens (including phenoxy) is 3. The molecule has 1 saturated heterocycles. The molecule has 0 radical (unpaired) electrons. The first-order chi connectivity index (χ1) is 16.4. The number of anilines is 1. The van der Waals surface area contributed by atoms with E-state index < -0.39 is 5.97 Å². The Hall–Kier alpha value is -3.27. The number of carbonyl (C=O) groups excluding carboxylic acids is 2. The van der Waals surface area contributed by atoms with Crippen molar-refractivity contribution in [3.63, 3.8) is 0 Å². The predicted molar refractivity (Wildman–Crippen MR) is 133 cm³/mol. The van der Waals surface area contributed by atoms with Crippen LogP contribution in [0.4, 0.5) is 5.69 Å². The fourth-order valence-corrected chi connectivity index (χ4v) is 4.95. The molecule has 2 aliphatic rings. The summed E-state index contributed by atoms with van der Waals surface area (Å²) in [5, 5.41) is 0.293. The fraction of sp³-hybridized carbons (Fsp3) is 0.125. The predicted octanol–water partition coefficient (Wildman–Crippen LogP) is 5.91. The molecule has 0 aliphatic carbocycles. The number of hydrogen-bond donors (Lipinski definition) is 0. The molecule has 0 atom stereocenters. The maximum Gasteiger partial charge on any atom is 0.339 e. The van der Waals surface area contributed by atoms with Crippen LogP contribution in [-0.2, 0) is 9.53 Å². The Morgan fingerprint density at radius 1 is 1.18 bits per heavy atom. The Kier molecular flexibility index (Phi) is 6.07. The van der Waals surface area contributed by atoms with Gasteiger partial charge >= 0.3 is 5.97 Å². The van der Waals surface area contributed by atoms with Crippen molar-refractivity contribution in [3.8, 4) is 22.8 Å². The third kappa shape index (κ3) is 4.18. The average molecular weight is 514 g/mol. The van der Waals surface area contributed by atoms with E-state index in [1.165, 1.54) is 16.7 Å². The number of halogens is 1. The molecule has 7 nitrogen and oxygen atoms in total. The lowest BCUT2D eigenvalue weighted by molar-refractivity contribution is -0.113. The number of fused-ring (bicyclic) bond motifs is 1. The van der Waals surface area contributed by atoms with Gasteiger partial charge in [0.2, 0.25) is 6.79 Å². The minimum Gasteiger partial charge on any atom is -0.462 e. The van der Waals surface area contributed by atoms with Crippen LogP contribution in [0.2, 0.25) is 5.02 Å². The smallest absolute Gasteiger partial charge is 0.339 e. The molecule has 172 valence electrons. The van der Waals surface area contributed by atoms with Gasteiger partial charge in [-0.1, -0.05) is 35.6 Å². The van der Waals surface area contributed by atoms with Crippen LogP contribution in [0.3, 0.4) is 0 Å². The Labute approximate surface area is 209 Å². The molecule has 2 aromatic carbocycles. The number of esters is 1. The van der Waals surface area contributed by atoms with Crippen LogP contribution in [0.5, 0.6) is 11.5 Å². The first-order valence-corrected chi connectivity index (χ1v) is 11.8. The molecule has 1 fully saturated rings. The molecule has 0 N–H and O–H groups in total. The lowest BCUT2D eigenvalue weighted by Gasteiger charge is -2.14. The highest BCUT2D eigenvalue weighted by atomic mass is 35.5. The Bertz CT molecular complexity index is 1370. The summed E-state index contributed by atoms with van der Waals surface area (Å²) in [6.45, 7) is 2.12. The highest BCUT2D eigenvalue weighted by molar-refractivity contribution is 8.27. The number of furan rings is 1. The van der Waals surface area contributed by atoms with Crippen molar-refractivity contribution in [1.82, 2.24) is 0 Å². The van der Waals surface area contributed by atoms with Gasteiger partial charge in [-0.05, 0) is 49.4 Å². The number of thiocarbonyl (C=S) groups is 1. The van der Waals surface area contributed by atoms with Crippen LogP contribution in [0.1, 0.15) is 23.0 Å². The lowest BCUT2D eigenvalue weighted by atomic mass is 10.1. The summed E-state index contributed by atoms with van der Waals surface area (Å²) in [6, 6.07) is 13.7. The van der Waals surface area contributed by atoms with Crippen LogP contribution in [-0.4, -0.2) is 29.6 Å². The Balaban J connectivity index is 1.39. The second kappa shape index (κ2) is 9.17. The second-order valence-corrected chi connectivity index (χ2v) is 9.25. The summed E-state index contributed by atoms with van der Waals surface area (Å²) >= 11 is 12.8. The van der Waals surface area contributed by atoms with E-state index in [-0.39, 0.29) is 24.9 Å². The van der Waals surface area contributed by atoms with Crippen molar-refractivity contribution >= 4 is 63.5 Å². The molecule has 3 aromatic rings. The topological polar surface area (TPSA) is 78.2 Å². The van der Waals surface area contributed by atoms with Crippen LogP contribution in [0, 0.1) is 0 Å². The van der Waals surface area contributed by atoms with Gasteiger partial charge in [-0.15, -0.1) is 0 Å². The number of benzene rings is 2. The average Bonchev–Trinajstić information content (AvgIpc) is 3.54. The molecule has 1 amide bonds. The molecule has 0 unspecified atom stereocenters. The lowest BCUT2D eigenvalue weighted by Crippen LogP contribution is -2.27. The van der Waals surface area contributed by atoms with Crippen molar-refractivity contribution in [1.29, 1.82) is 0 Å². The molecule has 2 aliphatic heterocycles. The molecule has 1 aromatic heterocycles. The van der Waals surface area contributed by atoms with E-state index in [2.05, 4.69) is 0 Å². The first-order valence-electron chi connectivity index (χ1n) is 10.2. The SMILES string of the molecule is CCOC(=O)c1cc(-c2ccc(/C=C3/SC(=S)N(c4ccc5c(c4)OCO5)C3=O)o2)ccc1Cl. The molecule has 0 saturated carbocycles. The van der Waals surface area contributed by atoms with Gasteiger partial charge in [-0.2, -0.15) is 0 Å². The van der Waals surface area contributed by atoms with E-state index >= 15 is 0 Å². The molecule has 0 bridgehead atoms. The van der Waals surface area contributed by atoms with E-state index in [1.54, 1.807) is 61.5 Å². The zero-order valence-electron chi connectivity index (χ0n) is 17.7. The van der Waals surface area contributed by atoms with Gasteiger partial charge in [0.05, 0.1) is 27.8 Å². The van der Waals surface area contributed by atoms with Crippen molar-refractivity contribution in [3.05, 3.63) is 69.8 Å². The van der Waals surface area contributed by atoms with E-state index in [9.17, 15) is 9.59 Å². The summed E-state index contributed by atoms with van der Waals surface area (Å²) in [7, 11) is 0. The standard InChI is InChI=1S/C24H16ClNO6S2/c1-2-29-23(28)16-9-13(3-6-17(16)25)18-8-5-15(32-18)11-21-22(27)26(24(33)34-21)14-4-7-19-20(10-14)31-12-30-19/h3-11H,2,12H2,1H3/b21-11+. The van der Waals surface area contributed by atoms with Gasteiger partial charge < -0.3 is 18.6 Å². The highest BCUT2D eigenvalue weighted by Crippen LogP contribution is 2.41. The fourth-order valence-electron chi connectivity index (χ4n) is 3.47. The van der Waals surface area contributed by atoms with E-state index in [0.717, 1.165) is 0 Å². The van der Waals surface area contributed by atoms with Gasteiger partial charge in [-0.3, -0.25) is 9.69 Å². The summed E-state index contributed by atoms with van der Waals surface area (Å²) in [6.07, 6.45) is 1.64. The van der Waals surface area contributed by atoms with Gasteiger partial charge in [-0.25, -0.2) is 4.79 Å². The Morgan fingerprint density at radius 2 is 2.00 bits per heavy atom. The zero-order valence-corrected chi connectivity index (χ0v) is 20.1. The molecular weight excluding hydrogens is 498 g/mol. The number of hydrogen-bond acceptors (Lipinski definition) is 8. The van der Waals surface area contributed by atoms with Crippen LogP contribution < -0.4 is 14.4 Å². The van der Waals surface area contributed by atoms with Gasteiger partial charge in [0, 0.05) is 17.7 Å². The van der Waals surface area contributed by atoms with Crippen molar-refractivity contribution < 1.29 is 28.2 Å². The summed E-state index contributed by atoms with van der Waals surface area (Å²) in [4.78, 5) is 27.1.